The number of carbonyl (C=O) groups is 3. The van der Waals surface area contributed by atoms with Gasteiger partial charge in [0.1, 0.15) is 24.4 Å². The number of aliphatic carboxylic acids is 1. The summed E-state index contributed by atoms with van der Waals surface area (Å²) < 4.78 is 31.7. The summed E-state index contributed by atoms with van der Waals surface area (Å²) in [6.07, 6.45) is -8.56. The molecular weight excluding hydrogens is 909 g/mol. The van der Waals surface area contributed by atoms with Crippen molar-refractivity contribution in [3.8, 4) is 0 Å². The normalized spacial score (nSPS) is 47.9. The van der Waals surface area contributed by atoms with Gasteiger partial charge in [0.15, 0.2) is 18.5 Å². The molecule has 6 fully saturated rings. The number of fused-ring (bicyclic) bond motifs is 7. The Morgan fingerprint density at radius 1 is 0.757 bits per heavy atom. The number of aliphatic hydroxyl groups is 8. The number of esters is 2. The first-order valence-electron chi connectivity index (χ1n) is 25.5. The zero-order valence-electron chi connectivity index (χ0n) is 42.9. The van der Waals surface area contributed by atoms with E-state index in [0.29, 0.717) is 49.7 Å². The van der Waals surface area contributed by atoms with Crippen LogP contribution in [0.2, 0.25) is 0 Å². The summed E-state index contributed by atoms with van der Waals surface area (Å²) in [5, 5.41) is 100. The van der Waals surface area contributed by atoms with Gasteiger partial charge in [0.2, 0.25) is 0 Å². The van der Waals surface area contributed by atoms with Gasteiger partial charge < -0.3 is 69.6 Å². The lowest BCUT2D eigenvalue weighted by Crippen LogP contribution is -2.76. The molecular formula is C53H82O17. The van der Waals surface area contributed by atoms with Crippen LogP contribution in [0.15, 0.2) is 34.9 Å². The highest BCUT2D eigenvalue weighted by Gasteiger charge is 2.76. The maximum atomic E-state index is 13.8. The summed E-state index contributed by atoms with van der Waals surface area (Å²) in [6, 6.07) is 0. The third kappa shape index (κ3) is 8.37. The van der Waals surface area contributed by atoms with E-state index in [1.165, 1.54) is 0 Å². The van der Waals surface area contributed by atoms with Gasteiger partial charge in [-0.1, -0.05) is 72.3 Å². The molecule has 0 aromatic heterocycles. The van der Waals surface area contributed by atoms with Crippen molar-refractivity contribution in [3.05, 3.63) is 34.9 Å². The van der Waals surface area contributed by atoms with Gasteiger partial charge in [-0.25, -0.2) is 14.4 Å². The van der Waals surface area contributed by atoms with Crippen LogP contribution >= 0.6 is 0 Å². The molecule has 1 aliphatic heterocycles. The number of hydrogen-bond acceptors (Lipinski definition) is 16. The van der Waals surface area contributed by atoms with Crippen molar-refractivity contribution in [1.82, 2.24) is 0 Å². The highest BCUT2D eigenvalue weighted by molar-refractivity contribution is 5.89. The lowest BCUT2D eigenvalue weighted by molar-refractivity contribution is -0.324. The molecule has 7 unspecified atom stereocenters. The Hall–Kier alpha value is -2.81. The van der Waals surface area contributed by atoms with Crippen molar-refractivity contribution in [2.45, 2.75) is 207 Å². The maximum Gasteiger partial charge on any atom is 0.335 e. The third-order valence-corrected chi connectivity index (χ3v) is 20.0. The maximum absolute atomic E-state index is 13.8. The van der Waals surface area contributed by atoms with Gasteiger partial charge in [0.05, 0.1) is 48.6 Å². The van der Waals surface area contributed by atoms with E-state index in [1.54, 1.807) is 39.8 Å². The predicted octanol–water partition coefficient (Wildman–Crippen LogP) is 3.49. The van der Waals surface area contributed by atoms with Crippen LogP contribution in [0.4, 0.5) is 0 Å². The van der Waals surface area contributed by atoms with Crippen LogP contribution in [-0.4, -0.2) is 157 Å². The molecule has 0 spiro atoms. The molecule has 1 saturated heterocycles. The Bertz CT molecular complexity index is 2080. The van der Waals surface area contributed by atoms with Crippen LogP contribution in [-0.2, 0) is 38.1 Å². The molecule has 0 amide bonds. The lowest BCUT2D eigenvalue weighted by Gasteiger charge is -2.73. The van der Waals surface area contributed by atoms with E-state index in [1.807, 2.05) is 20.8 Å². The second-order valence-electron chi connectivity index (χ2n) is 24.1. The number of hydrogen-bond donors (Lipinski definition) is 9. The van der Waals surface area contributed by atoms with Crippen LogP contribution in [0.5, 0.6) is 0 Å². The molecule has 70 heavy (non-hydrogen) atoms. The summed E-state index contributed by atoms with van der Waals surface area (Å²) in [5.41, 5.74) is -3.56. The lowest BCUT2D eigenvalue weighted by atomic mass is 9.32. The molecule has 5 saturated carbocycles. The monoisotopic (exact) mass is 991 g/mol. The Morgan fingerprint density at radius 3 is 1.94 bits per heavy atom. The average Bonchev–Trinajstić information content (AvgIpc) is 3.30. The van der Waals surface area contributed by atoms with Crippen LogP contribution in [0.3, 0.4) is 0 Å². The fraction of sp³-hybridized carbons (Fsp3) is 0.830. The van der Waals surface area contributed by atoms with E-state index in [2.05, 4.69) is 33.8 Å². The standard InChI is InChI=1S/C53H82O17/c1-12-25(3)45(64)69-42-43(70-46(65)26(4)13-2)53(24-55)29(22-48(42,5)6)28-14-15-34-50(9)18-17-35(49(7,8)33(50)16-19-51(34,10)52(28,11)40(60)41(53)61)67-47-32(21-30(56)39(68-47)44(62)63)66-31-20-27(23-54)36(57)38(59)37(31)58/h12-14,27,29-43,47,54-61H,15-24H2,1-11H3,(H,62,63)/b25-12-,26-13-/t27?,29?,30-,31+,32?,33?,34?,35-,36-,37?,38+,39?,40-,41+,42-,43-,47+,50-,51+,52-,53-/m0/s1. The third-order valence-electron chi connectivity index (χ3n) is 20.0. The van der Waals surface area contributed by atoms with Crippen LogP contribution < -0.4 is 0 Å². The topological polar surface area (TPSA) is 279 Å². The molecule has 6 aliphatic carbocycles. The average molecular weight is 991 g/mol. The van der Waals surface area contributed by atoms with E-state index < -0.39 is 150 Å². The molecule has 0 aromatic rings. The molecule has 0 bridgehead atoms. The second-order valence-corrected chi connectivity index (χ2v) is 24.1. The van der Waals surface area contributed by atoms with Gasteiger partial charge in [-0.2, -0.15) is 0 Å². The second kappa shape index (κ2) is 19.5. The van der Waals surface area contributed by atoms with Gasteiger partial charge in [0.25, 0.3) is 0 Å². The molecule has 9 N–H and O–H groups in total. The Morgan fingerprint density at radius 2 is 1.37 bits per heavy atom. The zero-order valence-corrected chi connectivity index (χ0v) is 42.9. The number of carbonyl (C=O) groups excluding carboxylic acids is 2. The van der Waals surface area contributed by atoms with Crippen LogP contribution in [0, 0.1) is 56.2 Å². The summed E-state index contributed by atoms with van der Waals surface area (Å²) in [6.45, 7) is 20.2. The van der Waals surface area contributed by atoms with Crippen molar-refractivity contribution in [2.24, 2.45) is 56.2 Å². The van der Waals surface area contributed by atoms with Crippen LogP contribution in [0.1, 0.15) is 128 Å². The van der Waals surface area contributed by atoms with E-state index in [-0.39, 0.29) is 30.1 Å². The first-order chi connectivity index (χ1) is 32.6. The van der Waals surface area contributed by atoms with E-state index in [4.69, 9.17) is 23.7 Å². The van der Waals surface area contributed by atoms with Gasteiger partial charge in [-0.15, -0.1) is 0 Å². The fourth-order valence-corrected chi connectivity index (χ4v) is 15.4. The first kappa shape index (κ1) is 55.0. The summed E-state index contributed by atoms with van der Waals surface area (Å²) in [5.74, 6) is -4.11. The molecule has 7 aliphatic rings. The minimum Gasteiger partial charge on any atom is -0.479 e. The number of carboxylic acid groups (broad SMARTS) is 1. The summed E-state index contributed by atoms with van der Waals surface area (Å²) >= 11 is 0. The molecule has 17 nitrogen and oxygen atoms in total. The number of rotatable bonds is 11. The molecule has 17 heteroatoms. The molecule has 0 aromatic carbocycles. The van der Waals surface area contributed by atoms with Crippen molar-refractivity contribution in [1.29, 1.82) is 0 Å². The minimum atomic E-state index is -1.66. The largest absolute Gasteiger partial charge is 0.479 e. The molecule has 7 rings (SSSR count). The van der Waals surface area contributed by atoms with Gasteiger partial charge >= 0.3 is 17.9 Å². The van der Waals surface area contributed by atoms with E-state index >= 15 is 0 Å². The van der Waals surface area contributed by atoms with Gasteiger partial charge in [0, 0.05) is 40.9 Å². The van der Waals surface area contributed by atoms with Crippen molar-refractivity contribution in [3.63, 3.8) is 0 Å². The minimum absolute atomic E-state index is 0.0202. The number of aliphatic hydroxyl groups excluding tert-OH is 8. The van der Waals surface area contributed by atoms with Gasteiger partial charge in [-0.3, -0.25) is 0 Å². The van der Waals surface area contributed by atoms with Crippen molar-refractivity contribution < 1.29 is 84.0 Å². The van der Waals surface area contributed by atoms with E-state index in [9.17, 15) is 60.3 Å². The predicted molar refractivity (Wildman–Crippen MR) is 252 cm³/mol. The quantitative estimate of drug-likeness (QED) is 0.0620. The van der Waals surface area contributed by atoms with Crippen molar-refractivity contribution >= 4 is 17.9 Å². The molecule has 1 heterocycles. The molecule has 396 valence electrons. The Balaban J connectivity index is 1.22. The number of ether oxygens (including phenoxy) is 5. The van der Waals surface area contributed by atoms with E-state index in [0.717, 1.165) is 5.57 Å². The highest BCUT2D eigenvalue weighted by Crippen LogP contribution is 2.76. The zero-order chi connectivity index (χ0) is 52.0. The Labute approximate surface area is 412 Å². The number of allylic oxidation sites excluding steroid dienone is 3. The van der Waals surface area contributed by atoms with Gasteiger partial charge in [-0.05, 0) is 107 Å². The fourth-order valence-electron chi connectivity index (χ4n) is 15.4. The number of carboxylic acids is 1. The molecule has 0 radical (unpaired) electrons. The molecule has 21 atom stereocenters. The highest BCUT2D eigenvalue weighted by atomic mass is 16.7. The Kier molecular flexibility index (Phi) is 15.3. The SMILES string of the molecule is C/C=C(/C)C(=O)O[C@H]1[C@H](OC(=O)/C(C)=C\C)[C@@]2(CO)C(CC1(C)C)C1=CCC3[C@@]4(C)CC[C@H](O[C@@H]5OC(C(=O)O)[C@@H](O)CC5O[C@@H]5CC(CO)[C@H](O)[C@@H](O)C5O)C(C)(C)C4CC[C@@]3(C)[C@]1(C)[C@@H](O)[C@H]2O. The first-order valence-corrected chi connectivity index (χ1v) is 25.5. The summed E-state index contributed by atoms with van der Waals surface area (Å²) in [4.78, 5) is 39.6. The van der Waals surface area contributed by atoms with Crippen LogP contribution in [0.25, 0.3) is 0 Å². The summed E-state index contributed by atoms with van der Waals surface area (Å²) in [7, 11) is 0. The van der Waals surface area contributed by atoms with Crippen molar-refractivity contribution in [2.75, 3.05) is 13.2 Å². The smallest absolute Gasteiger partial charge is 0.335 e.